The van der Waals surface area contributed by atoms with E-state index in [1.54, 1.807) is 0 Å². The van der Waals surface area contributed by atoms with Crippen LogP contribution in [0.25, 0.3) is 6.08 Å². The van der Waals surface area contributed by atoms with E-state index in [-0.39, 0.29) is 5.41 Å². The predicted molar refractivity (Wildman–Crippen MR) is 108 cm³/mol. The highest BCUT2D eigenvalue weighted by molar-refractivity contribution is 5.75. The SMILES string of the molecule is C[C@H]1CN(C2CCC(CC3CC3)(C(=O)O)C2)CC[C@@]12C=Cc1ccccc12. The summed E-state index contributed by atoms with van der Waals surface area (Å²) in [6.07, 6.45) is 12.1. The molecule has 1 heterocycles. The number of carboxylic acid groups (broad SMARTS) is 1. The molecular weight excluding hydrogens is 334 g/mol. The molecule has 3 heteroatoms. The molecule has 1 saturated heterocycles. The van der Waals surface area contributed by atoms with Gasteiger partial charge in [0.1, 0.15) is 0 Å². The highest BCUT2D eigenvalue weighted by atomic mass is 16.4. The zero-order chi connectivity index (χ0) is 18.6. The van der Waals surface area contributed by atoms with Crippen LogP contribution in [0.4, 0.5) is 0 Å². The van der Waals surface area contributed by atoms with Gasteiger partial charge in [0.05, 0.1) is 5.41 Å². The lowest BCUT2D eigenvalue weighted by Gasteiger charge is -2.46. The van der Waals surface area contributed by atoms with E-state index in [4.69, 9.17) is 0 Å². The van der Waals surface area contributed by atoms with Gasteiger partial charge in [0.15, 0.2) is 0 Å². The first-order valence-corrected chi connectivity index (χ1v) is 10.8. The van der Waals surface area contributed by atoms with Gasteiger partial charge >= 0.3 is 5.97 Å². The number of aliphatic carboxylic acids is 1. The van der Waals surface area contributed by atoms with Crippen LogP contribution in [0.1, 0.15) is 63.0 Å². The summed E-state index contributed by atoms with van der Waals surface area (Å²) < 4.78 is 0. The molecule has 0 amide bonds. The summed E-state index contributed by atoms with van der Waals surface area (Å²) in [6.45, 7) is 4.57. The number of benzene rings is 1. The van der Waals surface area contributed by atoms with Crippen molar-refractivity contribution in [2.75, 3.05) is 13.1 Å². The fraction of sp³-hybridized carbons (Fsp3) is 0.625. The van der Waals surface area contributed by atoms with Crippen LogP contribution < -0.4 is 0 Å². The van der Waals surface area contributed by atoms with Crippen molar-refractivity contribution >= 4 is 12.0 Å². The summed E-state index contributed by atoms with van der Waals surface area (Å²) >= 11 is 0. The molecule has 3 nitrogen and oxygen atoms in total. The van der Waals surface area contributed by atoms with Gasteiger partial charge in [0, 0.05) is 18.0 Å². The third-order valence-corrected chi connectivity index (χ3v) is 8.15. The van der Waals surface area contributed by atoms with Crippen molar-refractivity contribution in [2.45, 2.75) is 63.3 Å². The number of nitrogens with zero attached hydrogens (tertiary/aromatic N) is 1. The van der Waals surface area contributed by atoms with Crippen molar-refractivity contribution in [1.29, 1.82) is 0 Å². The summed E-state index contributed by atoms with van der Waals surface area (Å²) in [5, 5.41) is 9.96. The van der Waals surface area contributed by atoms with Crippen LogP contribution in [0, 0.1) is 17.3 Å². The first-order valence-electron chi connectivity index (χ1n) is 10.8. The van der Waals surface area contributed by atoms with Gasteiger partial charge in [-0.25, -0.2) is 0 Å². The van der Waals surface area contributed by atoms with Crippen LogP contribution in [0.15, 0.2) is 30.3 Å². The van der Waals surface area contributed by atoms with Crippen molar-refractivity contribution in [1.82, 2.24) is 4.90 Å². The van der Waals surface area contributed by atoms with Crippen molar-refractivity contribution in [3.05, 3.63) is 41.5 Å². The highest BCUT2D eigenvalue weighted by Crippen LogP contribution is 2.52. The van der Waals surface area contributed by atoms with Gasteiger partial charge in [-0.05, 0) is 61.6 Å². The zero-order valence-electron chi connectivity index (χ0n) is 16.4. The molecule has 0 aromatic heterocycles. The van der Waals surface area contributed by atoms with Gasteiger partial charge in [-0.3, -0.25) is 9.69 Å². The second-order valence-corrected chi connectivity index (χ2v) is 9.74. The van der Waals surface area contributed by atoms with E-state index >= 15 is 0 Å². The Morgan fingerprint density at radius 3 is 2.78 bits per heavy atom. The number of piperidine rings is 1. The molecule has 1 aliphatic heterocycles. The molecular formula is C24H31NO2. The Hall–Kier alpha value is -1.61. The lowest BCUT2D eigenvalue weighted by Crippen LogP contribution is -2.50. The van der Waals surface area contributed by atoms with Crippen molar-refractivity contribution < 1.29 is 9.90 Å². The number of hydrogen-bond acceptors (Lipinski definition) is 2. The van der Waals surface area contributed by atoms with Gasteiger partial charge in [0.2, 0.25) is 0 Å². The maximum Gasteiger partial charge on any atom is 0.309 e. The predicted octanol–water partition coefficient (Wildman–Crippen LogP) is 4.72. The van der Waals surface area contributed by atoms with Crippen LogP contribution >= 0.6 is 0 Å². The number of rotatable bonds is 4. The Balaban J connectivity index is 1.31. The molecule has 1 spiro atoms. The highest BCUT2D eigenvalue weighted by Gasteiger charge is 2.51. The molecule has 5 rings (SSSR count). The summed E-state index contributed by atoms with van der Waals surface area (Å²) in [4.78, 5) is 14.7. The van der Waals surface area contributed by atoms with Crippen LogP contribution in [0.5, 0.6) is 0 Å². The maximum atomic E-state index is 12.1. The fourth-order valence-electron chi connectivity index (χ4n) is 6.31. The van der Waals surface area contributed by atoms with Crippen molar-refractivity contribution in [3.8, 4) is 0 Å². The molecule has 27 heavy (non-hydrogen) atoms. The first kappa shape index (κ1) is 17.5. The fourth-order valence-corrected chi connectivity index (χ4v) is 6.31. The second kappa shape index (κ2) is 6.20. The van der Waals surface area contributed by atoms with E-state index < -0.39 is 11.4 Å². The molecule has 3 aliphatic carbocycles. The molecule has 1 N–H and O–H groups in total. The summed E-state index contributed by atoms with van der Waals surface area (Å²) in [7, 11) is 0. The van der Waals surface area contributed by atoms with Crippen LogP contribution in [-0.4, -0.2) is 35.1 Å². The van der Waals surface area contributed by atoms with E-state index in [9.17, 15) is 9.90 Å². The van der Waals surface area contributed by atoms with E-state index in [1.165, 1.54) is 24.0 Å². The number of allylic oxidation sites excluding steroid dienone is 1. The lowest BCUT2D eigenvalue weighted by molar-refractivity contribution is -0.149. The number of hydrogen-bond donors (Lipinski definition) is 1. The summed E-state index contributed by atoms with van der Waals surface area (Å²) in [5.41, 5.74) is 2.62. The first-order chi connectivity index (χ1) is 13.0. The summed E-state index contributed by atoms with van der Waals surface area (Å²) in [5.74, 6) is 0.712. The molecule has 0 bridgehead atoms. The van der Waals surface area contributed by atoms with Crippen molar-refractivity contribution in [2.24, 2.45) is 17.3 Å². The van der Waals surface area contributed by atoms with E-state index in [2.05, 4.69) is 48.2 Å². The minimum atomic E-state index is -0.536. The molecule has 4 atom stereocenters. The third-order valence-electron chi connectivity index (χ3n) is 8.15. The van der Waals surface area contributed by atoms with Gasteiger partial charge in [-0.1, -0.05) is 56.2 Å². The number of carboxylic acids is 1. The average Bonchev–Trinajstić information content (AvgIpc) is 3.24. The Kier molecular flexibility index (Phi) is 4.02. The standard InChI is InChI=1S/C24H31NO2/c1-17-16-25(13-12-24(17)11-8-19-4-2-3-5-21(19)24)20-9-10-23(15-20,22(26)27)14-18-6-7-18/h2-5,8,11,17-18,20H,6-7,9-10,12-16H2,1H3,(H,26,27)/t17-,20?,23?,24-/m0/s1. The summed E-state index contributed by atoms with van der Waals surface area (Å²) in [6, 6.07) is 9.30. The van der Waals surface area contributed by atoms with Crippen LogP contribution in [0.3, 0.4) is 0 Å². The minimum absolute atomic E-state index is 0.184. The van der Waals surface area contributed by atoms with E-state index in [0.717, 1.165) is 45.2 Å². The van der Waals surface area contributed by atoms with Gasteiger partial charge in [-0.2, -0.15) is 0 Å². The molecule has 4 aliphatic rings. The molecule has 0 radical (unpaired) electrons. The smallest absolute Gasteiger partial charge is 0.309 e. The Labute approximate surface area is 162 Å². The molecule has 3 fully saturated rings. The normalized spacial score (nSPS) is 38.4. The topological polar surface area (TPSA) is 40.5 Å². The number of likely N-dealkylation sites (tertiary alicyclic amines) is 1. The number of carbonyl (C=O) groups is 1. The van der Waals surface area contributed by atoms with Gasteiger partial charge in [0.25, 0.3) is 0 Å². The van der Waals surface area contributed by atoms with Crippen molar-refractivity contribution in [3.63, 3.8) is 0 Å². The van der Waals surface area contributed by atoms with Gasteiger partial charge < -0.3 is 5.11 Å². The van der Waals surface area contributed by atoms with Gasteiger partial charge in [-0.15, -0.1) is 0 Å². The Morgan fingerprint density at radius 1 is 1.22 bits per heavy atom. The van der Waals surface area contributed by atoms with E-state index in [0.29, 0.717) is 17.9 Å². The zero-order valence-corrected chi connectivity index (χ0v) is 16.4. The molecule has 144 valence electrons. The Morgan fingerprint density at radius 2 is 2.04 bits per heavy atom. The quantitative estimate of drug-likeness (QED) is 0.839. The lowest BCUT2D eigenvalue weighted by atomic mass is 9.67. The van der Waals surface area contributed by atoms with Crippen LogP contribution in [-0.2, 0) is 10.2 Å². The largest absolute Gasteiger partial charge is 0.481 e. The van der Waals surface area contributed by atoms with Crippen LogP contribution in [0.2, 0.25) is 0 Å². The molecule has 2 saturated carbocycles. The minimum Gasteiger partial charge on any atom is -0.481 e. The number of fused-ring (bicyclic) bond motifs is 2. The Bertz CT molecular complexity index is 782. The third kappa shape index (κ3) is 2.77. The van der Waals surface area contributed by atoms with E-state index in [1.807, 2.05) is 0 Å². The monoisotopic (exact) mass is 365 g/mol. The molecule has 2 unspecified atom stereocenters. The molecule has 1 aromatic rings. The maximum absolute atomic E-state index is 12.1. The molecule has 1 aromatic carbocycles. The average molecular weight is 366 g/mol. The second-order valence-electron chi connectivity index (χ2n) is 9.74.